The Labute approximate surface area is 203 Å². The highest BCUT2D eigenvalue weighted by Gasteiger charge is 2.31. The number of aliphatic carboxylic acids is 1. The highest BCUT2D eigenvalue weighted by atomic mass is 79.9. The summed E-state index contributed by atoms with van der Waals surface area (Å²) in [6.07, 6.45) is 5.47. The van der Waals surface area contributed by atoms with Gasteiger partial charge in [-0.1, -0.05) is 34.1 Å². The van der Waals surface area contributed by atoms with E-state index in [-0.39, 0.29) is 28.1 Å². The number of ketones is 1. The van der Waals surface area contributed by atoms with Gasteiger partial charge < -0.3 is 19.5 Å². The highest BCUT2D eigenvalue weighted by molar-refractivity contribution is 9.10. The zero-order valence-electron chi connectivity index (χ0n) is 18.3. The number of esters is 2. The highest BCUT2D eigenvalue weighted by Crippen LogP contribution is 2.34. The fourth-order valence-corrected chi connectivity index (χ4v) is 3.72. The van der Waals surface area contributed by atoms with Crippen LogP contribution < -0.4 is 4.90 Å². The van der Waals surface area contributed by atoms with Gasteiger partial charge in [-0.2, -0.15) is 0 Å². The molecule has 34 heavy (non-hydrogen) atoms. The lowest BCUT2D eigenvalue weighted by Gasteiger charge is -2.27. The van der Waals surface area contributed by atoms with Gasteiger partial charge in [0.2, 0.25) is 0 Å². The van der Waals surface area contributed by atoms with Gasteiger partial charge in [-0.25, -0.2) is 9.59 Å². The molecule has 9 heteroatoms. The number of hydrogen-bond acceptors (Lipinski definition) is 7. The number of carbonyl (C=O) groups excluding carboxylic acids is 3. The van der Waals surface area contributed by atoms with Crippen molar-refractivity contribution in [2.45, 2.75) is 6.42 Å². The summed E-state index contributed by atoms with van der Waals surface area (Å²) in [5, 5.41) is 9.51. The first-order valence-electron chi connectivity index (χ1n) is 9.97. The van der Waals surface area contributed by atoms with Gasteiger partial charge in [-0.05, 0) is 48.0 Å². The van der Waals surface area contributed by atoms with Crippen LogP contribution in [0.25, 0.3) is 0 Å². The van der Waals surface area contributed by atoms with Crippen molar-refractivity contribution in [1.82, 2.24) is 0 Å². The third-order valence-electron chi connectivity index (χ3n) is 4.94. The second kappa shape index (κ2) is 10.8. The predicted molar refractivity (Wildman–Crippen MR) is 127 cm³/mol. The molecule has 0 unspecified atom stereocenters. The van der Waals surface area contributed by atoms with Crippen LogP contribution in [-0.2, 0) is 30.3 Å². The third-order valence-corrected chi connectivity index (χ3v) is 5.47. The fraction of sp³-hybridized carbons (Fsp3) is 0.120. The average Bonchev–Trinajstić information content (AvgIpc) is 3.05. The van der Waals surface area contributed by atoms with Gasteiger partial charge in [0, 0.05) is 21.8 Å². The Kier molecular flexibility index (Phi) is 7.80. The summed E-state index contributed by atoms with van der Waals surface area (Å²) in [5.41, 5.74) is 0.546. The number of carboxylic acids is 1. The molecular weight excluding hydrogens is 506 g/mol. The number of benzene rings is 2. The SMILES string of the molecule is COC(=O)C1=C(C(=O)OC)N(c2c(CC(=O)O)cccc2C(=O)c2ccc(Br)cc2)C=CC=C1. The molecule has 0 fully saturated rings. The average molecular weight is 526 g/mol. The van der Waals surface area contributed by atoms with Crippen LogP contribution in [-0.4, -0.2) is 43.0 Å². The molecule has 0 amide bonds. The monoisotopic (exact) mass is 525 g/mol. The molecule has 1 aliphatic heterocycles. The molecule has 1 heterocycles. The number of carbonyl (C=O) groups is 4. The van der Waals surface area contributed by atoms with E-state index in [1.54, 1.807) is 42.5 Å². The van der Waals surface area contributed by atoms with Crippen molar-refractivity contribution >= 4 is 45.3 Å². The van der Waals surface area contributed by atoms with E-state index in [0.29, 0.717) is 5.56 Å². The summed E-state index contributed by atoms with van der Waals surface area (Å²) in [7, 11) is 2.32. The van der Waals surface area contributed by atoms with E-state index in [1.807, 2.05) is 0 Å². The molecule has 0 atom stereocenters. The van der Waals surface area contributed by atoms with Crippen LogP contribution >= 0.6 is 15.9 Å². The Balaban J connectivity index is 2.33. The molecule has 1 aliphatic rings. The van der Waals surface area contributed by atoms with Crippen LogP contribution in [0.1, 0.15) is 21.5 Å². The molecule has 0 bridgehead atoms. The Hall–Kier alpha value is -3.98. The van der Waals surface area contributed by atoms with E-state index in [4.69, 9.17) is 9.47 Å². The summed E-state index contributed by atoms with van der Waals surface area (Å²) in [6.45, 7) is 0. The van der Waals surface area contributed by atoms with Gasteiger partial charge in [0.1, 0.15) is 5.70 Å². The molecule has 2 aromatic carbocycles. The van der Waals surface area contributed by atoms with E-state index in [1.165, 1.54) is 36.4 Å². The number of carboxylic acid groups (broad SMARTS) is 1. The second-order valence-electron chi connectivity index (χ2n) is 7.04. The summed E-state index contributed by atoms with van der Waals surface area (Å²) >= 11 is 3.33. The van der Waals surface area contributed by atoms with E-state index >= 15 is 0 Å². The summed E-state index contributed by atoms with van der Waals surface area (Å²) < 4.78 is 10.5. The van der Waals surface area contributed by atoms with Crippen molar-refractivity contribution in [3.63, 3.8) is 0 Å². The van der Waals surface area contributed by atoms with Gasteiger partial charge in [-0.15, -0.1) is 0 Å². The Bertz CT molecular complexity index is 1240. The Morgan fingerprint density at radius 2 is 1.62 bits per heavy atom. The number of hydrogen-bond donors (Lipinski definition) is 1. The molecule has 8 nitrogen and oxygen atoms in total. The zero-order chi connectivity index (χ0) is 24.8. The van der Waals surface area contributed by atoms with Gasteiger partial charge in [0.25, 0.3) is 0 Å². The van der Waals surface area contributed by atoms with E-state index in [9.17, 15) is 24.3 Å². The molecule has 0 radical (unpaired) electrons. The van der Waals surface area contributed by atoms with Crippen molar-refractivity contribution in [1.29, 1.82) is 0 Å². The topological polar surface area (TPSA) is 110 Å². The van der Waals surface area contributed by atoms with E-state index in [0.717, 1.165) is 11.6 Å². The van der Waals surface area contributed by atoms with Crippen molar-refractivity contribution in [3.8, 4) is 0 Å². The van der Waals surface area contributed by atoms with Gasteiger partial charge in [0.15, 0.2) is 5.78 Å². The molecule has 2 aromatic rings. The van der Waals surface area contributed by atoms with Crippen LogP contribution in [0, 0.1) is 0 Å². The maximum atomic E-state index is 13.5. The number of nitrogens with zero attached hydrogens (tertiary/aromatic N) is 1. The van der Waals surface area contributed by atoms with Crippen molar-refractivity contribution in [2.75, 3.05) is 19.1 Å². The Morgan fingerprint density at radius 3 is 2.24 bits per heavy atom. The smallest absolute Gasteiger partial charge is 0.355 e. The largest absolute Gasteiger partial charge is 0.481 e. The number of rotatable bonds is 7. The standard InChI is InChI=1S/C25H20BrNO7/c1-33-24(31)19-7-3-4-13-27(22(19)25(32)34-2)21-16(14-20(28)29)6-5-8-18(21)23(30)15-9-11-17(26)12-10-15/h3-13H,14H2,1-2H3,(H,28,29). The molecule has 1 N–H and O–H groups in total. The second-order valence-corrected chi connectivity index (χ2v) is 7.95. The number of ether oxygens (including phenoxy) is 2. The molecule has 0 saturated heterocycles. The number of anilines is 1. The van der Waals surface area contributed by atoms with Crippen LogP contribution in [0.15, 0.2) is 82.6 Å². The van der Waals surface area contributed by atoms with E-state index in [2.05, 4.69) is 15.9 Å². The fourth-order valence-electron chi connectivity index (χ4n) is 3.46. The molecule has 0 aliphatic carbocycles. The van der Waals surface area contributed by atoms with E-state index < -0.39 is 30.1 Å². The van der Waals surface area contributed by atoms with Crippen molar-refractivity contribution in [3.05, 3.63) is 99.3 Å². The van der Waals surface area contributed by atoms with Crippen LogP contribution in [0.5, 0.6) is 0 Å². The molecule has 174 valence electrons. The normalized spacial score (nSPS) is 12.9. The zero-order valence-corrected chi connectivity index (χ0v) is 19.9. The molecule has 0 spiro atoms. The first-order valence-corrected chi connectivity index (χ1v) is 10.8. The molecular formula is C25H20BrNO7. The maximum Gasteiger partial charge on any atom is 0.355 e. The lowest BCUT2D eigenvalue weighted by atomic mass is 9.96. The maximum absolute atomic E-state index is 13.5. The summed E-state index contributed by atoms with van der Waals surface area (Å²) in [4.78, 5) is 51.8. The minimum atomic E-state index is -1.14. The number of halogens is 1. The number of para-hydroxylation sites is 1. The predicted octanol–water partition coefficient (Wildman–Crippen LogP) is 3.80. The molecule has 0 saturated carbocycles. The quantitative estimate of drug-likeness (QED) is 0.429. The van der Waals surface area contributed by atoms with Crippen molar-refractivity contribution < 1.29 is 33.8 Å². The minimum absolute atomic E-state index is 0.119. The lowest BCUT2D eigenvalue weighted by Crippen LogP contribution is -2.29. The van der Waals surface area contributed by atoms with Gasteiger partial charge in [0.05, 0.1) is 31.9 Å². The molecule has 0 aromatic heterocycles. The number of methoxy groups -OCH3 is 2. The third kappa shape index (κ3) is 5.15. The minimum Gasteiger partial charge on any atom is -0.481 e. The van der Waals surface area contributed by atoms with Crippen LogP contribution in [0.3, 0.4) is 0 Å². The first-order chi connectivity index (χ1) is 16.3. The van der Waals surface area contributed by atoms with Crippen LogP contribution in [0.2, 0.25) is 0 Å². The number of allylic oxidation sites excluding steroid dienone is 2. The first kappa shape index (κ1) is 24.7. The Morgan fingerprint density at radius 1 is 0.941 bits per heavy atom. The summed E-state index contributed by atoms with van der Waals surface area (Å²) in [5.74, 6) is -3.21. The van der Waals surface area contributed by atoms with Gasteiger partial charge >= 0.3 is 17.9 Å². The molecule has 3 rings (SSSR count). The van der Waals surface area contributed by atoms with Gasteiger partial charge in [-0.3, -0.25) is 9.59 Å². The lowest BCUT2D eigenvalue weighted by molar-refractivity contribution is -0.139. The van der Waals surface area contributed by atoms with Crippen LogP contribution in [0.4, 0.5) is 5.69 Å². The van der Waals surface area contributed by atoms with Crippen molar-refractivity contribution in [2.24, 2.45) is 0 Å². The summed E-state index contributed by atoms with van der Waals surface area (Å²) in [6, 6.07) is 11.3.